The predicted octanol–water partition coefficient (Wildman–Crippen LogP) is 3.72. The summed E-state index contributed by atoms with van der Waals surface area (Å²) in [6.45, 7) is 8.81. The monoisotopic (exact) mass is 383 g/mol. The van der Waals surface area contributed by atoms with Gasteiger partial charge in [0.1, 0.15) is 11.9 Å². The Morgan fingerprint density at radius 1 is 1.15 bits per heavy atom. The highest BCUT2D eigenvalue weighted by Crippen LogP contribution is 2.22. The molecule has 1 saturated heterocycles. The zero-order chi connectivity index (χ0) is 19.0. The molecule has 1 aromatic carbocycles. The number of aromatic nitrogens is 2. The van der Waals surface area contributed by atoms with Crippen LogP contribution in [0.2, 0.25) is 0 Å². The molecule has 0 aliphatic carbocycles. The quantitative estimate of drug-likeness (QED) is 0.689. The van der Waals surface area contributed by atoms with E-state index in [0.29, 0.717) is 0 Å². The van der Waals surface area contributed by atoms with Crippen LogP contribution in [-0.2, 0) is 6.54 Å². The number of hydrogen-bond donors (Lipinski definition) is 0. The van der Waals surface area contributed by atoms with E-state index in [1.54, 1.807) is 10.5 Å². The summed E-state index contributed by atoms with van der Waals surface area (Å²) in [6, 6.07) is 7.97. The number of thiazole rings is 1. The summed E-state index contributed by atoms with van der Waals surface area (Å²) in [5.41, 5.74) is 4.38. The Balaban J connectivity index is 1.37. The number of benzene rings is 1. The van der Waals surface area contributed by atoms with Gasteiger partial charge in [-0.15, -0.1) is 11.3 Å². The average molecular weight is 384 g/mol. The fourth-order valence-electron chi connectivity index (χ4n) is 3.58. The molecule has 0 amide bonds. The van der Waals surface area contributed by atoms with Gasteiger partial charge in [0.2, 0.25) is 0 Å². The van der Waals surface area contributed by atoms with Crippen molar-refractivity contribution in [2.45, 2.75) is 46.3 Å². The van der Waals surface area contributed by atoms with Crippen molar-refractivity contribution in [1.82, 2.24) is 14.3 Å². The third-order valence-electron chi connectivity index (χ3n) is 5.33. The minimum atomic E-state index is 0.0155. The zero-order valence-electron chi connectivity index (χ0n) is 16.1. The first-order valence-electron chi connectivity index (χ1n) is 9.42. The largest absolute Gasteiger partial charge is 0.490 e. The van der Waals surface area contributed by atoms with Crippen LogP contribution in [0.3, 0.4) is 0 Å². The van der Waals surface area contributed by atoms with Crippen molar-refractivity contribution in [1.29, 1.82) is 0 Å². The van der Waals surface area contributed by atoms with Crippen molar-refractivity contribution in [2.75, 3.05) is 13.1 Å². The number of nitrogens with zero attached hydrogens (tertiary/aromatic N) is 3. The van der Waals surface area contributed by atoms with Crippen LogP contribution in [0.25, 0.3) is 4.96 Å². The third kappa shape index (κ3) is 3.92. The fourth-order valence-corrected chi connectivity index (χ4v) is 4.47. The van der Waals surface area contributed by atoms with E-state index in [-0.39, 0.29) is 11.7 Å². The van der Waals surface area contributed by atoms with Crippen LogP contribution in [-0.4, -0.2) is 33.5 Å². The minimum absolute atomic E-state index is 0.0155. The van der Waals surface area contributed by atoms with Crippen molar-refractivity contribution < 1.29 is 4.74 Å². The number of rotatable bonds is 4. The molecule has 5 nitrogen and oxygen atoms in total. The lowest BCUT2D eigenvalue weighted by Crippen LogP contribution is -2.38. The summed E-state index contributed by atoms with van der Waals surface area (Å²) in [5, 5.41) is 1.98. The molecule has 1 fully saturated rings. The van der Waals surface area contributed by atoms with Crippen LogP contribution in [0.1, 0.15) is 35.4 Å². The van der Waals surface area contributed by atoms with E-state index >= 15 is 0 Å². The fraction of sp³-hybridized carbons (Fsp3) is 0.429. The summed E-state index contributed by atoms with van der Waals surface area (Å²) in [5.74, 6) is 0.963. The molecular weight excluding hydrogens is 358 g/mol. The van der Waals surface area contributed by atoms with Gasteiger partial charge in [-0.1, -0.05) is 6.07 Å². The number of aryl methyl sites for hydroxylation is 3. The molecule has 6 heteroatoms. The smallest absolute Gasteiger partial charge is 0.259 e. The van der Waals surface area contributed by atoms with Crippen molar-refractivity contribution in [3.63, 3.8) is 0 Å². The lowest BCUT2D eigenvalue weighted by atomic mass is 10.1. The molecule has 0 saturated carbocycles. The maximum absolute atomic E-state index is 12.3. The Labute approximate surface area is 163 Å². The van der Waals surface area contributed by atoms with Crippen LogP contribution in [0.4, 0.5) is 0 Å². The van der Waals surface area contributed by atoms with Crippen molar-refractivity contribution in [2.24, 2.45) is 0 Å². The molecule has 27 heavy (non-hydrogen) atoms. The van der Waals surface area contributed by atoms with Crippen molar-refractivity contribution >= 4 is 16.3 Å². The number of likely N-dealkylation sites (tertiary alicyclic amines) is 1. The SMILES string of the molecule is Cc1ccc(OC2CCN(Cc3cc(=O)n4c(C)csc4n3)CC2)cc1C. The molecular formula is C21H25N3O2S. The summed E-state index contributed by atoms with van der Waals surface area (Å²) in [4.78, 5) is 20.1. The average Bonchev–Trinajstić information content (AvgIpc) is 3.01. The molecule has 0 radical (unpaired) electrons. The Morgan fingerprint density at radius 2 is 1.93 bits per heavy atom. The van der Waals surface area contributed by atoms with Crippen LogP contribution < -0.4 is 10.3 Å². The highest BCUT2D eigenvalue weighted by molar-refractivity contribution is 7.15. The van der Waals surface area contributed by atoms with E-state index in [9.17, 15) is 4.79 Å². The van der Waals surface area contributed by atoms with E-state index in [2.05, 4.69) is 41.9 Å². The van der Waals surface area contributed by atoms with E-state index < -0.39 is 0 Å². The highest BCUT2D eigenvalue weighted by atomic mass is 32.1. The number of fused-ring (bicyclic) bond motifs is 1. The normalized spacial score (nSPS) is 16.1. The van der Waals surface area contributed by atoms with Gasteiger partial charge in [0.25, 0.3) is 5.56 Å². The Kier molecular flexibility index (Phi) is 5.02. The summed E-state index contributed by atoms with van der Waals surface area (Å²) in [6.07, 6.45) is 2.24. The summed E-state index contributed by atoms with van der Waals surface area (Å²) in [7, 11) is 0. The van der Waals surface area contributed by atoms with Gasteiger partial charge >= 0.3 is 0 Å². The van der Waals surface area contributed by atoms with E-state index in [4.69, 9.17) is 4.74 Å². The second-order valence-corrected chi connectivity index (χ2v) is 8.26. The molecule has 142 valence electrons. The maximum Gasteiger partial charge on any atom is 0.259 e. The van der Waals surface area contributed by atoms with Gasteiger partial charge in [0, 0.05) is 36.8 Å². The van der Waals surface area contributed by atoms with Crippen LogP contribution >= 0.6 is 11.3 Å². The minimum Gasteiger partial charge on any atom is -0.490 e. The molecule has 0 N–H and O–H groups in total. The zero-order valence-corrected chi connectivity index (χ0v) is 16.9. The van der Waals surface area contributed by atoms with Crippen LogP contribution in [0.5, 0.6) is 5.75 Å². The molecule has 0 atom stereocenters. The van der Waals surface area contributed by atoms with Crippen LogP contribution in [0.15, 0.2) is 34.4 Å². The first kappa shape index (κ1) is 18.2. The molecule has 2 aromatic heterocycles. The Bertz CT molecular complexity index is 1020. The summed E-state index contributed by atoms with van der Waals surface area (Å²) < 4.78 is 7.85. The lowest BCUT2D eigenvalue weighted by Gasteiger charge is -2.32. The number of hydrogen-bond acceptors (Lipinski definition) is 5. The standard InChI is InChI=1S/C21H25N3O2S/c1-14-4-5-19(10-15(14)2)26-18-6-8-23(9-7-18)12-17-11-20(25)24-16(3)13-27-21(24)22-17/h4-5,10-11,13,18H,6-9,12H2,1-3H3. The Hall–Kier alpha value is -2.18. The molecule has 0 bridgehead atoms. The van der Waals surface area contributed by atoms with Gasteiger partial charge in [-0.2, -0.15) is 0 Å². The molecule has 1 aliphatic heterocycles. The summed E-state index contributed by atoms with van der Waals surface area (Å²) >= 11 is 1.52. The van der Waals surface area contributed by atoms with Gasteiger partial charge in [-0.3, -0.25) is 14.1 Å². The number of ether oxygens (including phenoxy) is 1. The maximum atomic E-state index is 12.3. The molecule has 3 aromatic rings. The lowest BCUT2D eigenvalue weighted by molar-refractivity contribution is 0.0961. The molecule has 0 unspecified atom stereocenters. The van der Waals surface area contributed by atoms with E-state index in [1.807, 2.05) is 12.3 Å². The first-order chi connectivity index (χ1) is 13.0. The second-order valence-electron chi connectivity index (χ2n) is 7.42. The molecule has 4 rings (SSSR count). The van der Waals surface area contributed by atoms with E-state index in [0.717, 1.165) is 54.6 Å². The second kappa shape index (κ2) is 7.44. The van der Waals surface area contributed by atoms with Crippen molar-refractivity contribution in [3.8, 4) is 5.75 Å². The van der Waals surface area contributed by atoms with Gasteiger partial charge in [-0.25, -0.2) is 4.98 Å². The molecule has 0 spiro atoms. The van der Waals surface area contributed by atoms with E-state index in [1.165, 1.54) is 22.5 Å². The predicted molar refractivity (Wildman–Crippen MR) is 109 cm³/mol. The highest BCUT2D eigenvalue weighted by Gasteiger charge is 2.21. The Morgan fingerprint density at radius 3 is 2.67 bits per heavy atom. The third-order valence-corrected chi connectivity index (χ3v) is 6.27. The van der Waals surface area contributed by atoms with Crippen molar-refractivity contribution in [3.05, 3.63) is 62.5 Å². The first-order valence-corrected chi connectivity index (χ1v) is 10.3. The van der Waals surface area contributed by atoms with Gasteiger partial charge < -0.3 is 4.74 Å². The number of piperidine rings is 1. The topological polar surface area (TPSA) is 46.8 Å². The van der Waals surface area contributed by atoms with Gasteiger partial charge in [0.05, 0.1) is 5.69 Å². The molecule has 1 aliphatic rings. The molecule has 3 heterocycles. The van der Waals surface area contributed by atoms with Gasteiger partial charge in [-0.05, 0) is 56.9 Å². The van der Waals surface area contributed by atoms with Gasteiger partial charge in [0.15, 0.2) is 4.96 Å². The van der Waals surface area contributed by atoms with Crippen LogP contribution in [0, 0.1) is 20.8 Å².